The van der Waals surface area contributed by atoms with Crippen LogP contribution in [0, 0.1) is 0 Å². The van der Waals surface area contributed by atoms with Crippen molar-refractivity contribution >= 4 is 11.9 Å². The van der Waals surface area contributed by atoms with Crippen molar-refractivity contribution in [3.05, 3.63) is 35.4 Å². The van der Waals surface area contributed by atoms with Crippen LogP contribution in [0.4, 0.5) is 0 Å². The molecule has 0 aliphatic rings. The van der Waals surface area contributed by atoms with E-state index < -0.39 is 5.91 Å². The number of benzene rings is 1. The molecule has 92 valence electrons. The van der Waals surface area contributed by atoms with E-state index in [0.29, 0.717) is 18.7 Å². The van der Waals surface area contributed by atoms with E-state index in [1.54, 1.807) is 25.1 Å². The summed E-state index contributed by atoms with van der Waals surface area (Å²) in [6, 6.07) is 7.00. The summed E-state index contributed by atoms with van der Waals surface area (Å²) >= 11 is 0. The van der Waals surface area contributed by atoms with Gasteiger partial charge in [0.15, 0.2) is 0 Å². The van der Waals surface area contributed by atoms with Crippen LogP contribution in [0.15, 0.2) is 24.3 Å². The predicted octanol–water partition coefficient (Wildman–Crippen LogP) is 0.438. The number of esters is 1. The summed E-state index contributed by atoms with van der Waals surface area (Å²) in [7, 11) is 0. The van der Waals surface area contributed by atoms with Crippen molar-refractivity contribution in [1.82, 2.24) is 5.32 Å². The first kappa shape index (κ1) is 13.2. The largest absolute Gasteiger partial charge is 0.465 e. The second-order valence-corrected chi connectivity index (χ2v) is 3.43. The van der Waals surface area contributed by atoms with E-state index in [9.17, 15) is 9.59 Å². The average molecular weight is 236 g/mol. The summed E-state index contributed by atoms with van der Waals surface area (Å²) in [6.45, 7) is 2.62. The highest BCUT2D eigenvalue weighted by atomic mass is 16.5. The molecule has 0 aliphatic carbocycles. The number of amides is 1. The zero-order chi connectivity index (χ0) is 12.7. The minimum absolute atomic E-state index is 0.112. The first-order valence-corrected chi connectivity index (χ1v) is 5.39. The third-order valence-corrected chi connectivity index (χ3v) is 2.17. The Hall–Kier alpha value is -1.88. The van der Waals surface area contributed by atoms with Crippen LogP contribution in [-0.4, -0.2) is 25.0 Å². The quantitative estimate of drug-likeness (QED) is 0.702. The summed E-state index contributed by atoms with van der Waals surface area (Å²) in [5.74, 6) is -0.789. The third-order valence-electron chi connectivity index (χ3n) is 2.17. The lowest BCUT2D eigenvalue weighted by Crippen LogP contribution is -2.25. The number of nitrogens with one attached hydrogen (secondary N) is 1. The second-order valence-electron chi connectivity index (χ2n) is 3.43. The van der Waals surface area contributed by atoms with Crippen LogP contribution in [-0.2, 0) is 16.1 Å². The summed E-state index contributed by atoms with van der Waals surface area (Å²) < 4.78 is 4.76. The zero-order valence-corrected chi connectivity index (χ0v) is 9.73. The van der Waals surface area contributed by atoms with E-state index >= 15 is 0 Å². The maximum atomic E-state index is 11.1. The van der Waals surface area contributed by atoms with Crippen molar-refractivity contribution in [3.63, 3.8) is 0 Å². The molecule has 5 nitrogen and oxygen atoms in total. The van der Waals surface area contributed by atoms with Crippen LogP contribution in [0.2, 0.25) is 0 Å². The van der Waals surface area contributed by atoms with E-state index in [1.807, 2.05) is 6.07 Å². The molecule has 0 saturated heterocycles. The molecule has 0 spiro atoms. The third kappa shape index (κ3) is 4.24. The smallest absolute Gasteiger partial charge is 0.319 e. The molecule has 0 aliphatic heterocycles. The Bertz CT molecular complexity index is 404. The van der Waals surface area contributed by atoms with Gasteiger partial charge >= 0.3 is 5.97 Å². The molecule has 0 atom stereocenters. The van der Waals surface area contributed by atoms with Crippen molar-refractivity contribution < 1.29 is 14.3 Å². The van der Waals surface area contributed by atoms with Gasteiger partial charge in [-0.1, -0.05) is 18.2 Å². The molecular formula is C12H16N2O3. The summed E-state index contributed by atoms with van der Waals surface area (Å²) in [5, 5.41) is 2.90. The van der Waals surface area contributed by atoms with Gasteiger partial charge in [0, 0.05) is 12.1 Å². The highest BCUT2D eigenvalue weighted by molar-refractivity contribution is 5.94. The monoisotopic (exact) mass is 236 g/mol. The lowest BCUT2D eigenvalue weighted by Gasteiger charge is -2.07. The maximum absolute atomic E-state index is 11.1. The number of carbonyl (C=O) groups excluding carboxylic acids is 2. The molecule has 0 aromatic heterocycles. The summed E-state index contributed by atoms with van der Waals surface area (Å²) in [5.41, 5.74) is 6.47. The number of primary amides is 1. The van der Waals surface area contributed by atoms with Crippen LogP contribution in [0.5, 0.6) is 0 Å². The molecule has 1 rings (SSSR count). The highest BCUT2D eigenvalue weighted by Gasteiger charge is 2.07. The maximum Gasteiger partial charge on any atom is 0.319 e. The van der Waals surface area contributed by atoms with Gasteiger partial charge in [-0.25, -0.2) is 0 Å². The Morgan fingerprint density at radius 2 is 2.06 bits per heavy atom. The van der Waals surface area contributed by atoms with Crippen LogP contribution < -0.4 is 11.1 Å². The Balaban J connectivity index is 2.52. The van der Waals surface area contributed by atoms with E-state index in [0.717, 1.165) is 5.56 Å². The van der Waals surface area contributed by atoms with Crippen LogP contribution >= 0.6 is 0 Å². The van der Waals surface area contributed by atoms with E-state index in [-0.39, 0.29) is 12.5 Å². The summed E-state index contributed by atoms with van der Waals surface area (Å²) in [6.07, 6.45) is 0. The van der Waals surface area contributed by atoms with Gasteiger partial charge in [0.25, 0.3) is 0 Å². The molecular weight excluding hydrogens is 220 g/mol. The number of ether oxygens (including phenoxy) is 1. The lowest BCUT2D eigenvalue weighted by atomic mass is 10.1. The molecule has 0 bridgehead atoms. The van der Waals surface area contributed by atoms with Gasteiger partial charge in [-0.05, 0) is 18.6 Å². The first-order valence-electron chi connectivity index (χ1n) is 5.39. The molecule has 1 aromatic carbocycles. The van der Waals surface area contributed by atoms with Crippen LogP contribution in [0.1, 0.15) is 22.8 Å². The Morgan fingerprint density at radius 3 is 2.71 bits per heavy atom. The molecule has 1 amide bonds. The SMILES string of the molecule is CCOC(=O)CNCc1ccccc1C(N)=O. The highest BCUT2D eigenvalue weighted by Crippen LogP contribution is 2.07. The minimum atomic E-state index is -0.474. The van der Waals surface area contributed by atoms with Gasteiger partial charge in [-0.2, -0.15) is 0 Å². The minimum Gasteiger partial charge on any atom is -0.465 e. The number of carbonyl (C=O) groups is 2. The van der Waals surface area contributed by atoms with Gasteiger partial charge < -0.3 is 15.8 Å². The predicted molar refractivity (Wildman–Crippen MR) is 63.3 cm³/mol. The Labute approximate surface area is 99.9 Å². The normalized spacial score (nSPS) is 9.94. The first-order chi connectivity index (χ1) is 8.15. The Morgan fingerprint density at radius 1 is 1.35 bits per heavy atom. The van der Waals surface area contributed by atoms with Crippen LogP contribution in [0.3, 0.4) is 0 Å². The molecule has 0 saturated carbocycles. The van der Waals surface area contributed by atoms with Crippen molar-refractivity contribution in [2.24, 2.45) is 5.73 Å². The molecule has 17 heavy (non-hydrogen) atoms. The topological polar surface area (TPSA) is 81.4 Å². The van der Waals surface area contributed by atoms with Gasteiger partial charge in [0.05, 0.1) is 13.2 Å². The average Bonchev–Trinajstić information content (AvgIpc) is 2.30. The molecule has 0 unspecified atom stereocenters. The number of nitrogens with two attached hydrogens (primary N) is 1. The fraction of sp³-hybridized carbons (Fsp3) is 0.333. The van der Waals surface area contributed by atoms with Crippen molar-refractivity contribution in [2.45, 2.75) is 13.5 Å². The van der Waals surface area contributed by atoms with Gasteiger partial charge in [-0.15, -0.1) is 0 Å². The molecule has 0 radical (unpaired) electrons. The van der Waals surface area contributed by atoms with E-state index in [2.05, 4.69) is 5.32 Å². The molecule has 0 heterocycles. The molecule has 1 aromatic rings. The van der Waals surface area contributed by atoms with Gasteiger partial charge in [0.2, 0.25) is 5.91 Å². The molecule has 3 N–H and O–H groups in total. The van der Waals surface area contributed by atoms with E-state index in [1.165, 1.54) is 0 Å². The number of rotatable bonds is 6. The molecule has 5 heteroatoms. The molecule has 0 fully saturated rings. The zero-order valence-electron chi connectivity index (χ0n) is 9.73. The van der Waals surface area contributed by atoms with E-state index in [4.69, 9.17) is 10.5 Å². The lowest BCUT2D eigenvalue weighted by molar-refractivity contribution is -0.142. The van der Waals surface area contributed by atoms with Crippen molar-refractivity contribution in [2.75, 3.05) is 13.2 Å². The van der Waals surface area contributed by atoms with Gasteiger partial charge in [0.1, 0.15) is 0 Å². The van der Waals surface area contributed by atoms with Crippen molar-refractivity contribution in [1.29, 1.82) is 0 Å². The Kier molecular flexibility index (Phi) is 5.16. The van der Waals surface area contributed by atoms with Crippen LogP contribution in [0.25, 0.3) is 0 Å². The fourth-order valence-corrected chi connectivity index (χ4v) is 1.43. The second kappa shape index (κ2) is 6.65. The van der Waals surface area contributed by atoms with Crippen molar-refractivity contribution in [3.8, 4) is 0 Å². The van der Waals surface area contributed by atoms with Gasteiger partial charge in [-0.3, -0.25) is 9.59 Å². The fourth-order valence-electron chi connectivity index (χ4n) is 1.43. The standard InChI is InChI=1S/C12H16N2O3/c1-2-17-11(15)8-14-7-9-5-3-4-6-10(9)12(13)16/h3-6,14H,2,7-8H2,1H3,(H2,13,16). The number of hydrogen-bond donors (Lipinski definition) is 2. The summed E-state index contributed by atoms with van der Waals surface area (Å²) in [4.78, 5) is 22.2. The number of hydrogen-bond acceptors (Lipinski definition) is 4.